The number of hydrogen-bond acceptors (Lipinski definition) is 6. The molecule has 7 heteroatoms. The van der Waals surface area contributed by atoms with E-state index in [0.29, 0.717) is 18.1 Å². The van der Waals surface area contributed by atoms with Gasteiger partial charge in [-0.15, -0.1) is 0 Å². The van der Waals surface area contributed by atoms with Crippen molar-refractivity contribution < 1.29 is 18.5 Å². The molecule has 1 aliphatic heterocycles. The summed E-state index contributed by atoms with van der Waals surface area (Å²) < 4.78 is 16.1. The maximum Gasteiger partial charge on any atom is 0.273 e. The molecule has 1 aliphatic rings. The molecule has 3 heterocycles. The smallest absolute Gasteiger partial charge is 0.273 e. The molecule has 3 atom stereocenters. The average Bonchev–Trinajstić information content (AvgIpc) is 3.21. The van der Waals surface area contributed by atoms with Crippen LogP contribution in [-0.4, -0.2) is 53.8 Å². The van der Waals surface area contributed by atoms with Crippen LogP contribution in [0.1, 0.15) is 31.3 Å². The quantitative estimate of drug-likeness (QED) is 0.903. The minimum Gasteiger partial charge on any atom is -0.461 e. The predicted octanol–water partition coefficient (Wildman–Crippen LogP) is 2.16. The largest absolute Gasteiger partial charge is 0.461 e. The number of morpholine rings is 1. The summed E-state index contributed by atoms with van der Waals surface area (Å²) >= 11 is 0. The fourth-order valence-electron chi connectivity index (χ4n) is 2.95. The summed E-state index contributed by atoms with van der Waals surface area (Å²) in [6, 6.07) is 5.31. The van der Waals surface area contributed by atoms with E-state index < -0.39 is 0 Å². The molecule has 2 aromatic rings. The van der Waals surface area contributed by atoms with Crippen LogP contribution in [0.4, 0.5) is 0 Å². The molecule has 130 valence electrons. The molecule has 1 fully saturated rings. The highest BCUT2D eigenvalue weighted by molar-refractivity contribution is 5.92. The molecule has 0 unspecified atom stereocenters. The third kappa shape index (κ3) is 3.85. The van der Waals surface area contributed by atoms with Gasteiger partial charge in [0.1, 0.15) is 0 Å². The van der Waals surface area contributed by atoms with Crippen molar-refractivity contribution >= 4 is 5.91 Å². The van der Waals surface area contributed by atoms with Crippen molar-refractivity contribution in [2.45, 2.75) is 39.0 Å². The zero-order chi connectivity index (χ0) is 17.1. The maximum absolute atomic E-state index is 12.2. The van der Waals surface area contributed by atoms with Crippen LogP contribution >= 0.6 is 0 Å². The van der Waals surface area contributed by atoms with E-state index in [-0.39, 0.29) is 29.9 Å². The van der Waals surface area contributed by atoms with Gasteiger partial charge in [0, 0.05) is 31.7 Å². The van der Waals surface area contributed by atoms with E-state index in [9.17, 15) is 4.79 Å². The molecule has 0 aliphatic carbocycles. The zero-order valence-corrected chi connectivity index (χ0v) is 14.2. The van der Waals surface area contributed by atoms with Crippen LogP contribution in [0.15, 0.2) is 33.4 Å². The van der Waals surface area contributed by atoms with Crippen LogP contribution in [0.25, 0.3) is 11.5 Å². The molecule has 2 aromatic heterocycles. The second-order valence-corrected chi connectivity index (χ2v) is 6.32. The van der Waals surface area contributed by atoms with E-state index in [4.69, 9.17) is 13.7 Å². The second kappa shape index (κ2) is 7.19. The van der Waals surface area contributed by atoms with Crippen molar-refractivity contribution in [1.82, 2.24) is 15.4 Å². The zero-order valence-electron chi connectivity index (χ0n) is 14.2. The fraction of sp³-hybridized carbons (Fsp3) is 0.529. The Labute approximate surface area is 140 Å². The van der Waals surface area contributed by atoms with E-state index in [1.165, 1.54) is 0 Å². The Morgan fingerprint density at radius 1 is 1.38 bits per heavy atom. The summed E-state index contributed by atoms with van der Waals surface area (Å²) in [7, 11) is 0. The normalized spacial score (nSPS) is 23.1. The van der Waals surface area contributed by atoms with E-state index in [0.717, 1.165) is 13.1 Å². The summed E-state index contributed by atoms with van der Waals surface area (Å²) in [6.45, 7) is 8.52. The first-order valence-electron chi connectivity index (χ1n) is 8.21. The Bertz CT molecular complexity index is 657. The number of nitrogens with zero attached hydrogens (tertiary/aromatic N) is 2. The van der Waals surface area contributed by atoms with Crippen molar-refractivity contribution in [2.24, 2.45) is 0 Å². The predicted molar refractivity (Wildman–Crippen MR) is 87.6 cm³/mol. The van der Waals surface area contributed by atoms with Crippen LogP contribution in [0.2, 0.25) is 0 Å². The number of amides is 1. The van der Waals surface area contributed by atoms with Gasteiger partial charge in [0.05, 0.1) is 18.5 Å². The Morgan fingerprint density at radius 2 is 2.12 bits per heavy atom. The third-order valence-corrected chi connectivity index (χ3v) is 4.14. The molecule has 0 spiro atoms. The average molecular weight is 333 g/mol. The first-order valence-corrected chi connectivity index (χ1v) is 8.21. The topological polar surface area (TPSA) is 80.7 Å². The monoisotopic (exact) mass is 333 g/mol. The number of carbonyl (C=O) groups is 1. The van der Waals surface area contributed by atoms with Crippen LogP contribution in [0.3, 0.4) is 0 Å². The maximum atomic E-state index is 12.2. The van der Waals surface area contributed by atoms with Crippen molar-refractivity contribution in [3.63, 3.8) is 0 Å². The van der Waals surface area contributed by atoms with Gasteiger partial charge in [-0.25, -0.2) is 0 Å². The molecule has 1 amide bonds. The number of nitrogens with one attached hydrogen (secondary N) is 1. The van der Waals surface area contributed by atoms with E-state index >= 15 is 0 Å². The molecule has 0 bridgehead atoms. The highest BCUT2D eigenvalue weighted by atomic mass is 16.5. The summed E-state index contributed by atoms with van der Waals surface area (Å²) in [6.07, 6.45) is 1.96. The lowest BCUT2D eigenvalue weighted by Crippen LogP contribution is -2.52. The van der Waals surface area contributed by atoms with E-state index in [1.807, 2.05) is 0 Å². The number of aromatic nitrogens is 1. The van der Waals surface area contributed by atoms with Crippen molar-refractivity contribution in [3.05, 3.63) is 30.2 Å². The Morgan fingerprint density at radius 3 is 2.79 bits per heavy atom. The van der Waals surface area contributed by atoms with Gasteiger partial charge >= 0.3 is 0 Å². The SMILES string of the molecule is C[C@@H]1CN([C@@H](C)CNC(=O)c2cc(-c3ccco3)on2)C[C@@H](C)O1. The standard InChI is InChI=1S/C17H23N3O4/c1-11(20-9-12(2)23-13(3)10-20)8-18-17(21)14-7-16(24-19-14)15-5-4-6-22-15/h4-7,11-13H,8-10H2,1-3H3,(H,18,21)/t11-,12+,13+/m0/s1. The second-order valence-electron chi connectivity index (χ2n) is 6.32. The molecule has 1 saturated heterocycles. The minimum atomic E-state index is -0.252. The summed E-state index contributed by atoms with van der Waals surface area (Å²) in [5.74, 6) is 0.734. The Balaban J connectivity index is 1.53. The van der Waals surface area contributed by atoms with Gasteiger partial charge in [-0.1, -0.05) is 5.16 Å². The molecular formula is C17H23N3O4. The highest BCUT2D eigenvalue weighted by Crippen LogP contribution is 2.20. The first kappa shape index (κ1) is 16.7. The Hall–Kier alpha value is -2.12. The molecule has 0 saturated carbocycles. The molecule has 1 N–H and O–H groups in total. The van der Waals surface area contributed by atoms with Gasteiger partial charge in [-0.3, -0.25) is 9.69 Å². The van der Waals surface area contributed by atoms with Crippen LogP contribution in [0, 0.1) is 0 Å². The third-order valence-electron chi connectivity index (χ3n) is 4.14. The molecule has 0 radical (unpaired) electrons. The van der Waals surface area contributed by atoms with Crippen molar-refractivity contribution in [2.75, 3.05) is 19.6 Å². The lowest BCUT2D eigenvalue weighted by molar-refractivity contribution is -0.0778. The lowest BCUT2D eigenvalue weighted by atomic mass is 10.1. The number of carbonyl (C=O) groups excluding carboxylic acids is 1. The first-order chi connectivity index (χ1) is 11.5. The summed E-state index contributed by atoms with van der Waals surface area (Å²) in [5, 5.41) is 6.72. The van der Waals surface area contributed by atoms with Gasteiger partial charge in [-0.05, 0) is 32.9 Å². The van der Waals surface area contributed by atoms with Crippen molar-refractivity contribution in [3.8, 4) is 11.5 Å². The molecule has 7 nitrogen and oxygen atoms in total. The lowest BCUT2D eigenvalue weighted by Gasteiger charge is -2.38. The fourth-order valence-corrected chi connectivity index (χ4v) is 2.95. The molecule has 0 aromatic carbocycles. The van der Waals surface area contributed by atoms with E-state index in [2.05, 4.69) is 36.1 Å². The minimum absolute atomic E-state index is 0.207. The number of hydrogen-bond donors (Lipinski definition) is 1. The van der Waals surface area contributed by atoms with Gasteiger partial charge in [0.25, 0.3) is 5.91 Å². The highest BCUT2D eigenvalue weighted by Gasteiger charge is 2.26. The molecular weight excluding hydrogens is 310 g/mol. The number of rotatable bonds is 5. The Kier molecular flexibility index (Phi) is 5.01. The molecule has 3 rings (SSSR count). The summed E-state index contributed by atoms with van der Waals surface area (Å²) in [4.78, 5) is 14.6. The van der Waals surface area contributed by atoms with Gasteiger partial charge < -0.3 is 19.0 Å². The number of ether oxygens (including phenoxy) is 1. The number of furan rings is 1. The van der Waals surface area contributed by atoms with Gasteiger partial charge in [0.2, 0.25) is 5.76 Å². The van der Waals surface area contributed by atoms with Crippen LogP contribution in [-0.2, 0) is 4.74 Å². The van der Waals surface area contributed by atoms with Gasteiger partial charge in [-0.2, -0.15) is 0 Å². The summed E-state index contributed by atoms with van der Waals surface area (Å²) in [5.41, 5.74) is 0.248. The van der Waals surface area contributed by atoms with Crippen molar-refractivity contribution in [1.29, 1.82) is 0 Å². The van der Waals surface area contributed by atoms with Crippen LogP contribution < -0.4 is 5.32 Å². The van der Waals surface area contributed by atoms with Gasteiger partial charge in [0.15, 0.2) is 11.5 Å². The van der Waals surface area contributed by atoms with Crippen LogP contribution in [0.5, 0.6) is 0 Å². The van der Waals surface area contributed by atoms with E-state index in [1.54, 1.807) is 24.5 Å². The molecule has 24 heavy (non-hydrogen) atoms.